The maximum Gasteiger partial charge on any atom is 0.206 e. The Hall–Kier alpha value is -1.76. The first kappa shape index (κ1) is 21.5. The van der Waals surface area contributed by atoms with Gasteiger partial charge in [0, 0.05) is 44.5 Å². The van der Waals surface area contributed by atoms with Gasteiger partial charge in [-0.1, -0.05) is 11.6 Å². The van der Waals surface area contributed by atoms with E-state index in [2.05, 4.69) is 4.90 Å². The second kappa shape index (κ2) is 9.58. The number of likely N-dealkylation sites (tertiary alicyclic amines) is 1. The van der Waals surface area contributed by atoms with Gasteiger partial charge in [-0.3, -0.25) is 5.41 Å². The van der Waals surface area contributed by atoms with Gasteiger partial charge in [0.15, 0.2) is 0 Å². The molecule has 0 bridgehead atoms. The predicted octanol–water partition coefficient (Wildman–Crippen LogP) is 4.53. The van der Waals surface area contributed by atoms with Crippen molar-refractivity contribution in [2.45, 2.75) is 31.8 Å². The van der Waals surface area contributed by atoms with Gasteiger partial charge in [0.2, 0.25) is 5.90 Å². The molecule has 2 saturated heterocycles. The zero-order valence-electron chi connectivity index (χ0n) is 17.1. The van der Waals surface area contributed by atoms with Crippen LogP contribution in [0.3, 0.4) is 0 Å². The Kier molecular flexibility index (Phi) is 6.86. The molecule has 3 atom stereocenters. The van der Waals surface area contributed by atoms with Crippen molar-refractivity contribution in [2.24, 2.45) is 17.8 Å². The first-order chi connectivity index (χ1) is 14.5. The second-order valence-corrected chi connectivity index (χ2v) is 9.15. The van der Waals surface area contributed by atoms with Gasteiger partial charge in [-0.2, -0.15) is 0 Å². The Balaban J connectivity index is 1.22. The van der Waals surface area contributed by atoms with Crippen molar-refractivity contribution < 1.29 is 13.9 Å². The summed E-state index contributed by atoms with van der Waals surface area (Å²) < 4.78 is 24.7. The van der Waals surface area contributed by atoms with Crippen LogP contribution < -0.4 is 0 Å². The SMILES string of the molecule is N=C(/C=C\C(=N)c1cc(F)ccc1Cl)OC1CC2CN(CC3CCOCC3)C[C@@H]2C1. The monoisotopic (exact) mass is 433 g/mol. The van der Waals surface area contributed by atoms with Crippen molar-refractivity contribution in [3.63, 3.8) is 0 Å². The minimum Gasteiger partial charge on any atom is -0.475 e. The lowest BCUT2D eigenvalue weighted by atomic mass is 10.00. The number of nitrogens with zero attached hydrogens (tertiary/aromatic N) is 1. The van der Waals surface area contributed by atoms with Crippen LogP contribution in [0.15, 0.2) is 30.4 Å². The summed E-state index contributed by atoms with van der Waals surface area (Å²) in [7, 11) is 0. The van der Waals surface area contributed by atoms with Gasteiger partial charge in [-0.25, -0.2) is 4.39 Å². The lowest BCUT2D eigenvalue weighted by Gasteiger charge is -2.27. The average Bonchev–Trinajstić information content (AvgIpc) is 3.26. The first-order valence-corrected chi connectivity index (χ1v) is 11.1. The molecule has 30 heavy (non-hydrogen) atoms. The van der Waals surface area contributed by atoms with Crippen LogP contribution in [-0.2, 0) is 9.47 Å². The molecule has 7 heteroatoms. The van der Waals surface area contributed by atoms with E-state index in [1.165, 1.54) is 49.7 Å². The molecule has 1 aliphatic carbocycles. The predicted molar refractivity (Wildman–Crippen MR) is 116 cm³/mol. The molecule has 0 radical (unpaired) electrons. The van der Waals surface area contributed by atoms with Crippen LogP contribution in [0, 0.1) is 34.4 Å². The maximum atomic E-state index is 13.4. The van der Waals surface area contributed by atoms with E-state index >= 15 is 0 Å². The summed E-state index contributed by atoms with van der Waals surface area (Å²) in [6, 6.07) is 3.92. The number of hydrogen-bond donors (Lipinski definition) is 2. The van der Waals surface area contributed by atoms with E-state index in [0.717, 1.165) is 45.1 Å². The van der Waals surface area contributed by atoms with E-state index < -0.39 is 5.82 Å². The number of hydrogen-bond acceptors (Lipinski definition) is 5. The largest absolute Gasteiger partial charge is 0.475 e. The van der Waals surface area contributed by atoms with E-state index in [0.29, 0.717) is 22.4 Å². The molecular weight excluding hydrogens is 405 g/mol. The van der Waals surface area contributed by atoms with E-state index in [1.54, 1.807) is 0 Å². The molecule has 1 saturated carbocycles. The van der Waals surface area contributed by atoms with Crippen LogP contribution in [0.1, 0.15) is 31.2 Å². The molecule has 3 fully saturated rings. The number of allylic oxidation sites excluding steroid dienone is 1. The fourth-order valence-corrected chi connectivity index (χ4v) is 5.27. The van der Waals surface area contributed by atoms with Gasteiger partial charge in [0.05, 0.1) is 10.7 Å². The van der Waals surface area contributed by atoms with Crippen molar-refractivity contribution >= 4 is 23.2 Å². The fraction of sp³-hybridized carbons (Fsp3) is 0.565. The number of benzene rings is 1. The molecule has 2 unspecified atom stereocenters. The van der Waals surface area contributed by atoms with Gasteiger partial charge in [0.25, 0.3) is 0 Å². The number of rotatable bonds is 6. The fourth-order valence-electron chi connectivity index (χ4n) is 5.05. The third kappa shape index (κ3) is 5.29. The van der Waals surface area contributed by atoms with Crippen LogP contribution in [-0.4, -0.2) is 55.5 Å². The topological polar surface area (TPSA) is 69.4 Å². The molecule has 0 aromatic heterocycles. The first-order valence-electron chi connectivity index (χ1n) is 10.8. The summed E-state index contributed by atoms with van der Waals surface area (Å²) in [5.41, 5.74) is 0.362. The summed E-state index contributed by atoms with van der Waals surface area (Å²) in [6.45, 7) is 5.26. The normalized spacial score (nSPS) is 27.5. The smallest absolute Gasteiger partial charge is 0.206 e. The van der Waals surface area contributed by atoms with Gasteiger partial charge < -0.3 is 19.8 Å². The van der Waals surface area contributed by atoms with Crippen LogP contribution in [0.2, 0.25) is 5.02 Å². The maximum absolute atomic E-state index is 13.4. The molecule has 5 nitrogen and oxygen atoms in total. The lowest BCUT2D eigenvalue weighted by Crippen LogP contribution is -2.32. The number of nitrogens with one attached hydrogen (secondary N) is 2. The standard InChI is InChI=1S/C23H29ClFN3O2/c24-21-2-1-18(25)11-20(21)22(26)3-4-23(27)30-19-9-16-13-28(14-17(16)10-19)12-15-5-7-29-8-6-15/h1-4,11,15-17,19,26-27H,5-10,12-14H2/b4-3-,26-22?,27-23?/t16-,17?,19?/m0/s1. The zero-order chi connectivity index (χ0) is 21.1. The third-order valence-corrected chi connectivity index (χ3v) is 6.88. The van der Waals surface area contributed by atoms with Crippen molar-refractivity contribution in [3.05, 3.63) is 46.8 Å². The molecule has 2 aliphatic heterocycles. The van der Waals surface area contributed by atoms with Gasteiger partial charge in [-0.05, 0) is 67.7 Å². The van der Waals surface area contributed by atoms with Gasteiger partial charge >= 0.3 is 0 Å². The van der Waals surface area contributed by atoms with E-state index in [9.17, 15) is 4.39 Å². The van der Waals surface area contributed by atoms with Crippen LogP contribution in [0.4, 0.5) is 4.39 Å². The summed E-state index contributed by atoms with van der Waals surface area (Å²) in [5.74, 6) is 1.66. The average molecular weight is 434 g/mol. The Morgan fingerprint density at radius 2 is 1.87 bits per heavy atom. The second-order valence-electron chi connectivity index (χ2n) is 8.74. The molecule has 1 aromatic carbocycles. The highest BCUT2D eigenvalue weighted by Gasteiger charge is 2.42. The highest BCUT2D eigenvalue weighted by atomic mass is 35.5. The van der Waals surface area contributed by atoms with E-state index in [1.807, 2.05) is 0 Å². The zero-order valence-corrected chi connectivity index (χ0v) is 17.8. The third-order valence-electron chi connectivity index (χ3n) is 6.55. The van der Waals surface area contributed by atoms with Crippen molar-refractivity contribution in [1.29, 1.82) is 10.8 Å². The quantitative estimate of drug-likeness (QED) is 0.511. The Morgan fingerprint density at radius 3 is 2.57 bits per heavy atom. The number of fused-ring (bicyclic) bond motifs is 1. The van der Waals surface area contributed by atoms with Crippen LogP contribution in [0.5, 0.6) is 0 Å². The summed E-state index contributed by atoms with van der Waals surface area (Å²) >= 11 is 6.04. The molecule has 4 rings (SSSR count). The van der Waals surface area contributed by atoms with Crippen molar-refractivity contribution in [1.82, 2.24) is 4.90 Å². The molecule has 162 valence electrons. The van der Waals surface area contributed by atoms with Crippen molar-refractivity contribution in [3.8, 4) is 0 Å². The molecule has 2 heterocycles. The summed E-state index contributed by atoms with van der Waals surface area (Å²) in [6.07, 6.45) is 7.28. The Bertz CT molecular complexity index is 811. The number of halogens is 2. The Morgan fingerprint density at radius 1 is 1.17 bits per heavy atom. The van der Waals surface area contributed by atoms with Gasteiger partial charge in [-0.15, -0.1) is 0 Å². The molecule has 2 N–H and O–H groups in total. The van der Waals surface area contributed by atoms with Crippen LogP contribution >= 0.6 is 11.6 Å². The molecule has 3 aliphatic rings. The van der Waals surface area contributed by atoms with Crippen molar-refractivity contribution in [2.75, 3.05) is 32.8 Å². The Labute approximate surface area is 182 Å². The summed E-state index contributed by atoms with van der Waals surface area (Å²) in [5, 5.41) is 16.5. The van der Waals surface area contributed by atoms with Gasteiger partial charge in [0.1, 0.15) is 11.9 Å². The van der Waals surface area contributed by atoms with Crippen LogP contribution in [0.25, 0.3) is 0 Å². The molecular formula is C23H29ClFN3O2. The van der Waals surface area contributed by atoms with E-state index in [-0.39, 0.29) is 17.7 Å². The molecule has 0 amide bonds. The molecule has 0 spiro atoms. The highest BCUT2D eigenvalue weighted by Crippen LogP contribution is 2.40. The summed E-state index contributed by atoms with van der Waals surface area (Å²) in [4.78, 5) is 2.61. The number of ether oxygens (including phenoxy) is 2. The minimum absolute atomic E-state index is 0.0383. The molecule has 1 aromatic rings. The lowest BCUT2D eigenvalue weighted by molar-refractivity contribution is 0.0539. The highest BCUT2D eigenvalue weighted by molar-refractivity contribution is 6.34. The van der Waals surface area contributed by atoms with E-state index in [4.69, 9.17) is 31.9 Å². The minimum atomic E-state index is -0.442.